The Kier molecular flexibility index (Phi) is 3.39. The van der Waals surface area contributed by atoms with Crippen molar-refractivity contribution in [1.82, 2.24) is 20.3 Å². The third-order valence-corrected chi connectivity index (χ3v) is 3.43. The second-order valence-corrected chi connectivity index (χ2v) is 5.03. The molecule has 2 N–H and O–H groups in total. The van der Waals surface area contributed by atoms with Crippen molar-refractivity contribution in [3.05, 3.63) is 47.8 Å². The van der Waals surface area contributed by atoms with E-state index in [0.717, 1.165) is 6.42 Å². The zero-order valence-corrected chi connectivity index (χ0v) is 11.1. The molecule has 0 saturated heterocycles. The molecule has 1 saturated carbocycles. The highest BCUT2D eigenvalue weighted by Crippen LogP contribution is 2.40. The molecule has 3 rings (SSSR count). The summed E-state index contributed by atoms with van der Waals surface area (Å²) < 4.78 is 1.22. The molecule has 108 valence electrons. The Bertz CT molecular complexity index is 668. The maximum Gasteiger partial charge on any atom is 0.358 e. The highest BCUT2D eigenvalue weighted by Gasteiger charge is 2.39. The number of nitrogens with zero attached hydrogens (tertiary/aromatic N) is 3. The van der Waals surface area contributed by atoms with Gasteiger partial charge in [0.05, 0.1) is 6.20 Å². The second-order valence-electron chi connectivity index (χ2n) is 5.03. The molecular weight excluding hydrogens is 272 g/mol. The van der Waals surface area contributed by atoms with Gasteiger partial charge in [0.15, 0.2) is 5.69 Å². The van der Waals surface area contributed by atoms with Gasteiger partial charge in [-0.25, -0.2) is 9.48 Å². The fourth-order valence-electron chi connectivity index (χ4n) is 2.30. The number of carbonyl (C=O) groups is 2. The molecule has 2 aromatic rings. The second kappa shape index (κ2) is 5.35. The van der Waals surface area contributed by atoms with Crippen LogP contribution >= 0.6 is 0 Å². The Morgan fingerprint density at radius 3 is 2.76 bits per heavy atom. The summed E-state index contributed by atoms with van der Waals surface area (Å²) in [6, 6.07) is 10.2. The van der Waals surface area contributed by atoms with E-state index in [4.69, 9.17) is 5.11 Å². The fraction of sp³-hybridized carbons (Fsp3) is 0.286. The summed E-state index contributed by atoms with van der Waals surface area (Å²) in [6.45, 7) is -0.0295. The van der Waals surface area contributed by atoms with E-state index in [9.17, 15) is 9.59 Å². The standard InChI is InChI=1S/C14H14N4O3/c19-13(8-18-7-12(14(20)21)16-17-18)15-11-6-10(11)9-4-2-1-3-5-9/h1-5,7,10-11H,6,8H2,(H,15,19)(H,20,21). The molecule has 1 aromatic heterocycles. The third kappa shape index (κ3) is 3.07. The zero-order chi connectivity index (χ0) is 14.8. The molecule has 0 radical (unpaired) electrons. The Morgan fingerprint density at radius 1 is 1.33 bits per heavy atom. The van der Waals surface area contributed by atoms with Crippen LogP contribution in [0.25, 0.3) is 0 Å². The Hall–Kier alpha value is -2.70. The average molecular weight is 286 g/mol. The fourth-order valence-corrected chi connectivity index (χ4v) is 2.30. The van der Waals surface area contributed by atoms with Crippen LogP contribution in [0.2, 0.25) is 0 Å². The van der Waals surface area contributed by atoms with E-state index < -0.39 is 5.97 Å². The van der Waals surface area contributed by atoms with Crippen LogP contribution in [0.1, 0.15) is 28.4 Å². The molecule has 1 aliphatic rings. The molecule has 1 heterocycles. The molecule has 7 nitrogen and oxygen atoms in total. The summed E-state index contributed by atoms with van der Waals surface area (Å²) in [6.07, 6.45) is 2.16. The van der Waals surface area contributed by atoms with Gasteiger partial charge in [0, 0.05) is 12.0 Å². The Balaban J connectivity index is 1.52. The maximum absolute atomic E-state index is 11.9. The van der Waals surface area contributed by atoms with Crippen molar-refractivity contribution in [2.45, 2.75) is 24.9 Å². The molecular formula is C14H14N4O3. The van der Waals surface area contributed by atoms with Gasteiger partial charge < -0.3 is 10.4 Å². The minimum atomic E-state index is -1.16. The lowest BCUT2D eigenvalue weighted by Gasteiger charge is -2.04. The highest BCUT2D eigenvalue weighted by atomic mass is 16.4. The van der Waals surface area contributed by atoms with Gasteiger partial charge in [-0.1, -0.05) is 35.5 Å². The van der Waals surface area contributed by atoms with Crippen LogP contribution in [0.4, 0.5) is 0 Å². The summed E-state index contributed by atoms with van der Waals surface area (Å²) >= 11 is 0. The molecule has 1 fully saturated rings. The normalized spacial score (nSPS) is 20.0. The molecule has 0 aliphatic heterocycles. The van der Waals surface area contributed by atoms with Crippen molar-refractivity contribution in [3.8, 4) is 0 Å². The maximum atomic E-state index is 11.9. The smallest absolute Gasteiger partial charge is 0.358 e. The lowest BCUT2D eigenvalue weighted by Crippen LogP contribution is -2.30. The van der Waals surface area contributed by atoms with E-state index >= 15 is 0 Å². The minimum Gasteiger partial charge on any atom is -0.476 e. The first-order valence-corrected chi connectivity index (χ1v) is 6.61. The third-order valence-electron chi connectivity index (χ3n) is 3.43. The van der Waals surface area contributed by atoms with Crippen molar-refractivity contribution in [1.29, 1.82) is 0 Å². The summed E-state index contributed by atoms with van der Waals surface area (Å²) in [4.78, 5) is 22.5. The number of aromatic carboxylic acids is 1. The van der Waals surface area contributed by atoms with Gasteiger partial charge in [0.2, 0.25) is 5.91 Å². The van der Waals surface area contributed by atoms with Crippen LogP contribution in [0.15, 0.2) is 36.5 Å². The number of hydrogen-bond donors (Lipinski definition) is 2. The van der Waals surface area contributed by atoms with Crippen LogP contribution in [-0.2, 0) is 11.3 Å². The van der Waals surface area contributed by atoms with Gasteiger partial charge in [-0.2, -0.15) is 0 Å². The highest BCUT2D eigenvalue weighted by molar-refractivity contribution is 5.84. The van der Waals surface area contributed by atoms with Gasteiger partial charge in [-0.15, -0.1) is 5.10 Å². The first-order valence-electron chi connectivity index (χ1n) is 6.61. The number of carboxylic acids is 1. The van der Waals surface area contributed by atoms with Crippen LogP contribution < -0.4 is 5.32 Å². The predicted octanol–water partition coefficient (Wildman–Crippen LogP) is 0.649. The largest absolute Gasteiger partial charge is 0.476 e. The van der Waals surface area contributed by atoms with Crippen molar-refractivity contribution >= 4 is 11.9 Å². The van der Waals surface area contributed by atoms with E-state index in [-0.39, 0.29) is 24.2 Å². The quantitative estimate of drug-likeness (QED) is 0.841. The van der Waals surface area contributed by atoms with E-state index in [1.807, 2.05) is 30.3 Å². The van der Waals surface area contributed by atoms with E-state index in [1.54, 1.807) is 0 Å². The van der Waals surface area contributed by atoms with Gasteiger partial charge in [0.1, 0.15) is 6.54 Å². The van der Waals surface area contributed by atoms with Crippen molar-refractivity contribution in [3.63, 3.8) is 0 Å². The number of nitrogens with one attached hydrogen (secondary N) is 1. The number of benzene rings is 1. The number of carboxylic acid groups (broad SMARTS) is 1. The van der Waals surface area contributed by atoms with Crippen molar-refractivity contribution in [2.75, 3.05) is 0 Å². The molecule has 1 amide bonds. The summed E-state index contributed by atoms with van der Waals surface area (Å²) in [5, 5.41) is 18.7. The molecule has 2 atom stereocenters. The Labute approximate surface area is 120 Å². The van der Waals surface area contributed by atoms with Gasteiger partial charge in [-0.3, -0.25) is 4.79 Å². The molecule has 1 aromatic carbocycles. The molecule has 7 heteroatoms. The number of aromatic nitrogens is 3. The molecule has 21 heavy (non-hydrogen) atoms. The van der Waals surface area contributed by atoms with Crippen LogP contribution in [0.3, 0.4) is 0 Å². The van der Waals surface area contributed by atoms with Crippen LogP contribution in [0, 0.1) is 0 Å². The van der Waals surface area contributed by atoms with Crippen LogP contribution in [0.5, 0.6) is 0 Å². The lowest BCUT2D eigenvalue weighted by atomic mass is 10.1. The van der Waals surface area contributed by atoms with Crippen LogP contribution in [-0.4, -0.2) is 38.0 Å². The van der Waals surface area contributed by atoms with Gasteiger partial charge in [-0.05, 0) is 12.0 Å². The number of hydrogen-bond acceptors (Lipinski definition) is 4. The average Bonchev–Trinajstić information content (AvgIpc) is 3.06. The minimum absolute atomic E-state index is 0.0295. The van der Waals surface area contributed by atoms with E-state index in [0.29, 0.717) is 5.92 Å². The first kappa shape index (κ1) is 13.3. The SMILES string of the molecule is O=C(Cn1cc(C(=O)O)nn1)NC1CC1c1ccccc1. The number of carbonyl (C=O) groups excluding carboxylic acids is 1. The monoisotopic (exact) mass is 286 g/mol. The zero-order valence-electron chi connectivity index (χ0n) is 11.1. The topological polar surface area (TPSA) is 97.1 Å². The van der Waals surface area contributed by atoms with E-state index in [2.05, 4.69) is 15.6 Å². The first-order chi connectivity index (χ1) is 10.1. The summed E-state index contributed by atoms with van der Waals surface area (Å²) in [5.41, 5.74) is 1.05. The summed E-state index contributed by atoms with van der Waals surface area (Å²) in [5.74, 6) is -0.992. The van der Waals surface area contributed by atoms with Crippen molar-refractivity contribution in [2.24, 2.45) is 0 Å². The molecule has 2 unspecified atom stereocenters. The Morgan fingerprint density at radius 2 is 2.10 bits per heavy atom. The van der Waals surface area contributed by atoms with Crippen molar-refractivity contribution < 1.29 is 14.7 Å². The summed E-state index contributed by atoms with van der Waals surface area (Å²) in [7, 11) is 0. The molecule has 0 spiro atoms. The molecule has 0 bridgehead atoms. The number of amides is 1. The van der Waals surface area contributed by atoms with Gasteiger partial charge >= 0.3 is 5.97 Å². The predicted molar refractivity (Wildman–Crippen MR) is 72.7 cm³/mol. The number of rotatable bonds is 5. The molecule has 1 aliphatic carbocycles. The van der Waals surface area contributed by atoms with Gasteiger partial charge in [0.25, 0.3) is 0 Å². The lowest BCUT2D eigenvalue weighted by molar-refractivity contribution is -0.122. The van der Waals surface area contributed by atoms with E-state index in [1.165, 1.54) is 16.4 Å².